The van der Waals surface area contributed by atoms with E-state index in [1.54, 1.807) is 21.0 Å². The van der Waals surface area contributed by atoms with E-state index >= 15 is 0 Å². The van der Waals surface area contributed by atoms with Gasteiger partial charge in [-0.25, -0.2) is 0 Å². The molecular formula is C15H28N2O3. The number of likely N-dealkylation sites (tertiary alicyclic amines) is 2. The molecule has 0 aromatic rings. The number of rotatable bonds is 5. The quantitative estimate of drug-likeness (QED) is 0.813. The van der Waals surface area contributed by atoms with Gasteiger partial charge in [-0.05, 0) is 46.2 Å². The van der Waals surface area contributed by atoms with Gasteiger partial charge in [0.25, 0.3) is 0 Å². The maximum Gasteiger partial charge on any atom is 0.225 e. The van der Waals surface area contributed by atoms with Crippen LogP contribution in [0.1, 0.15) is 39.5 Å². The van der Waals surface area contributed by atoms with Crippen molar-refractivity contribution in [3.8, 4) is 0 Å². The van der Waals surface area contributed by atoms with E-state index in [-0.39, 0.29) is 24.5 Å². The van der Waals surface area contributed by atoms with Crippen molar-refractivity contribution < 1.29 is 14.6 Å². The van der Waals surface area contributed by atoms with E-state index in [9.17, 15) is 9.90 Å². The van der Waals surface area contributed by atoms with E-state index in [1.165, 1.54) is 12.8 Å². The highest BCUT2D eigenvalue weighted by atomic mass is 16.5. The Balaban J connectivity index is 1.97. The largest absolute Gasteiger partial charge is 0.390 e. The van der Waals surface area contributed by atoms with E-state index in [1.807, 2.05) is 4.90 Å². The zero-order valence-corrected chi connectivity index (χ0v) is 13.0. The van der Waals surface area contributed by atoms with Crippen molar-refractivity contribution in [3.05, 3.63) is 0 Å². The molecule has 2 aliphatic rings. The van der Waals surface area contributed by atoms with Crippen molar-refractivity contribution in [2.24, 2.45) is 0 Å². The Morgan fingerprint density at radius 1 is 1.35 bits per heavy atom. The van der Waals surface area contributed by atoms with Crippen LogP contribution < -0.4 is 0 Å². The molecule has 0 spiro atoms. The highest BCUT2D eigenvalue weighted by molar-refractivity contribution is 5.78. The summed E-state index contributed by atoms with van der Waals surface area (Å²) in [5.74, 6) is 0.0428. The van der Waals surface area contributed by atoms with Crippen LogP contribution in [0.15, 0.2) is 0 Å². The third kappa shape index (κ3) is 4.17. The van der Waals surface area contributed by atoms with Crippen LogP contribution in [0.2, 0.25) is 0 Å². The monoisotopic (exact) mass is 284 g/mol. The molecule has 2 saturated heterocycles. The van der Waals surface area contributed by atoms with Crippen LogP contribution in [0.4, 0.5) is 0 Å². The summed E-state index contributed by atoms with van der Waals surface area (Å²) in [5, 5.41) is 9.85. The van der Waals surface area contributed by atoms with Crippen LogP contribution in [-0.2, 0) is 9.53 Å². The molecule has 0 saturated carbocycles. The molecule has 2 heterocycles. The second-order valence-electron chi connectivity index (χ2n) is 6.79. The normalized spacial score (nSPS) is 28.3. The molecule has 0 aromatic heterocycles. The van der Waals surface area contributed by atoms with Crippen molar-refractivity contribution in [1.82, 2.24) is 9.80 Å². The second kappa shape index (κ2) is 6.41. The summed E-state index contributed by atoms with van der Waals surface area (Å²) in [7, 11) is 1.71. The minimum atomic E-state index is -0.944. The summed E-state index contributed by atoms with van der Waals surface area (Å²) in [5.41, 5.74) is -0.944. The number of amides is 1. The van der Waals surface area contributed by atoms with Crippen molar-refractivity contribution in [3.63, 3.8) is 0 Å². The van der Waals surface area contributed by atoms with Gasteiger partial charge in [-0.2, -0.15) is 0 Å². The molecule has 0 unspecified atom stereocenters. The number of carbonyl (C=O) groups is 1. The molecule has 2 aliphatic heterocycles. The average Bonchev–Trinajstić information content (AvgIpc) is 2.96. The highest BCUT2D eigenvalue weighted by Crippen LogP contribution is 2.24. The van der Waals surface area contributed by atoms with Crippen LogP contribution in [0.5, 0.6) is 0 Å². The summed E-state index contributed by atoms with van der Waals surface area (Å²) in [6, 6.07) is 0.230. The number of aliphatic hydroxyl groups is 1. The van der Waals surface area contributed by atoms with Gasteiger partial charge >= 0.3 is 0 Å². The fourth-order valence-corrected chi connectivity index (χ4v) is 3.26. The highest BCUT2D eigenvalue weighted by Gasteiger charge is 2.37. The Labute approximate surface area is 121 Å². The number of methoxy groups -OCH3 is 1. The number of carbonyl (C=O) groups excluding carboxylic acids is 1. The van der Waals surface area contributed by atoms with Gasteiger partial charge in [0.15, 0.2) is 0 Å². The van der Waals surface area contributed by atoms with E-state index in [0.29, 0.717) is 6.54 Å². The van der Waals surface area contributed by atoms with Crippen LogP contribution in [0.25, 0.3) is 0 Å². The van der Waals surface area contributed by atoms with Crippen LogP contribution in [0, 0.1) is 0 Å². The van der Waals surface area contributed by atoms with E-state index in [4.69, 9.17) is 4.74 Å². The molecule has 2 fully saturated rings. The molecule has 1 amide bonds. The maximum atomic E-state index is 12.4. The third-order valence-corrected chi connectivity index (χ3v) is 4.28. The van der Waals surface area contributed by atoms with Crippen LogP contribution in [0.3, 0.4) is 0 Å². The van der Waals surface area contributed by atoms with Gasteiger partial charge in [-0.1, -0.05) is 0 Å². The Kier molecular flexibility index (Phi) is 5.04. The first-order chi connectivity index (χ1) is 9.39. The number of hydrogen-bond donors (Lipinski definition) is 1. The molecule has 0 aliphatic carbocycles. The van der Waals surface area contributed by atoms with Crippen LogP contribution >= 0.6 is 0 Å². The zero-order chi connectivity index (χ0) is 14.8. The Morgan fingerprint density at radius 2 is 2.00 bits per heavy atom. The van der Waals surface area contributed by atoms with Gasteiger partial charge < -0.3 is 19.6 Å². The number of hydrogen-bond acceptors (Lipinski definition) is 4. The molecule has 116 valence electrons. The van der Waals surface area contributed by atoms with Crippen LogP contribution in [-0.4, -0.2) is 71.8 Å². The Bertz CT molecular complexity index is 335. The average molecular weight is 284 g/mol. The van der Waals surface area contributed by atoms with E-state index in [2.05, 4.69) is 4.90 Å². The minimum absolute atomic E-state index is 0.0428. The first-order valence-electron chi connectivity index (χ1n) is 7.66. The molecule has 2 atom stereocenters. The lowest BCUT2D eigenvalue weighted by Gasteiger charge is -2.30. The smallest absolute Gasteiger partial charge is 0.225 e. The summed E-state index contributed by atoms with van der Waals surface area (Å²) in [6.45, 7) is 7.25. The van der Waals surface area contributed by atoms with Gasteiger partial charge in [-0.3, -0.25) is 4.79 Å². The summed E-state index contributed by atoms with van der Waals surface area (Å²) in [6.07, 6.45) is 3.74. The Morgan fingerprint density at radius 3 is 2.55 bits per heavy atom. The van der Waals surface area contributed by atoms with Crippen molar-refractivity contribution in [1.29, 1.82) is 0 Å². The molecule has 0 aromatic carbocycles. The fraction of sp³-hybridized carbons (Fsp3) is 0.933. The fourth-order valence-electron chi connectivity index (χ4n) is 3.26. The van der Waals surface area contributed by atoms with Gasteiger partial charge in [0.1, 0.15) is 0 Å². The number of nitrogens with zero attached hydrogens (tertiary/aromatic N) is 2. The summed E-state index contributed by atoms with van der Waals surface area (Å²) in [4.78, 5) is 16.8. The molecular weight excluding hydrogens is 256 g/mol. The van der Waals surface area contributed by atoms with E-state index in [0.717, 1.165) is 26.1 Å². The van der Waals surface area contributed by atoms with Crippen molar-refractivity contribution in [2.75, 3.05) is 33.3 Å². The lowest BCUT2D eigenvalue weighted by atomic mass is 10.0. The van der Waals surface area contributed by atoms with Crippen molar-refractivity contribution >= 4 is 5.91 Å². The molecule has 20 heavy (non-hydrogen) atoms. The van der Waals surface area contributed by atoms with Gasteiger partial charge in [0, 0.05) is 26.2 Å². The van der Waals surface area contributed by atoms with Gasteiger partial charge in [0.05, 0.1) is 18.1 Å². The molecule has 1 N–H and O–H groups in total. The zero-order valence-electron chi connectivity index (χ0n) is 13.0. The predicted octanol–water partition coefficient (Wildman–Crippen LogP) is 0.859. The van der Waals surface area contributed by atoms with Gasteiger partial charge in [-0.15, -0.1) is 0 Å². The minimum Gasteiger partial charge on any atom is -0.390 e. The lowest BCUT2D eigenvalue weighted by molar-refractivity contribution is -0.136. The first-order valence-corrected chi connectivity index (χ1v) is 7.66. The summed E-state index contributed by atoms with van der Waals surface area (Å²) >= 11 is 0. The number of ether oxygens (including phenoxy) is 1. The SMILES string of the molecule is CO[C@H]1C[C@@H](CN2CCCC2)N(C(=O)CC(C)(C)O)C1. The second-order valence-corrected chi connectivity index (χ2v) is 6.79. The standard InChI is InChI=1S/C15H28N2O3/c1-15(2,19)9-14(18)17-11-13(20-3)8-12(17)10-16-6-4-5-7-16/h12-13,19H,4-11H2,1-3H3/t12-,13-/m0/s1. The topological polar surface area (TPSA) is 53.0 Å². The molecule has 5 heteroatoms. The molecule has 0 bridgehead atoms. The lowest BCUT2D eigenvalue weighted by Crippen LogP contribution is -2.44. The van der Waals surface area contributed by atoms with Crippen molar-refractivity contribution in [2.45, 2.75) is 57.3 Å². The third-order valence-electron chi connectivity index (χ3n) is 4.28. The van der Waals surface area contributed by atoms with Gasteiger partial charge in [0.2, 0.25) is 5.91 Å². The molecule has 0 radical (unpaired) electrons. The molecule has 5 nitrogen and oxygen atoms in total. The summed E-state index contributed by atoms with van der Waals surface area (Å²) < 4.78 is 5.44. The first kappa shape index (κ1) is 15.7. The Hall–Kier alpha value is -0.650. The maximum absolute atomic E-state index is 12.4. The molecule has 2 rings (SSSR count). The van der Waals surface area contributed by atoms with E-state index < -0.39 is 5.60 Å². The predicted molar refractivity (Wildman–Crippen MR) is 77.5 cm³/mol.